The zero-order chi connectivity index (χ0) is 27.2. The molecule has 0 radical (unpaired) electrons. The average Bonchev–Trinajstić information content (AvgIpc) is 3.53. The Kier molecular flexibility index (Phi) is 7.29. The summed E-state index contributed by atoms with van der Waals surface area (Å²) in [4.78, 5) is 43.2. The standard InChI is InChI=1S/C30H41N3O5/c1-17(2)14-16-33-26(28(35)32-22-8-6-7-18(3)19(22)4)30-15-13-23(38-30)24(25(30)29(33)36)27(34)31-20-9-11-21(37-5)12-10-20/h9-13,15,17-19,22-26H,6-8,14,16H2,1-5H3,(H,31,34)(H,32,35)/t18?,19?,22?,23-,24?,25-,26?,30?/m1/s1. The van der Waals surface area contributed by atoms with Gasteiger partial charge in [-0.3, -0.25) is 14.4 Å². The number of hydrogen-bond acceptors (Lipinski definition) is 5. The van der Waals surface area contributed by atoms with Crippen LogP contribution in [0, 0.1) is 29.6 Å². The molecular weight excluding hydrogens is 482 g/mol. The molecule has 1 aromatic rings. The van der Waals surface area contributed by atoms with Crippen LogP contribution < -0.4 is 15.4 Å². The Bertz CT molecular complexity index is 1100. The largest absolute Gasteiger partial charge is 0.497 e. The van der Waals surface area contributed by atoms with E-state index < -0.39 is 29.6 Å². The maximum absolute atomic E-state index is 14.0. The number of amides is 3. The highest BCUT2D eigenvalue weighted by Gasteiger charge is 2.72. The summed E-state index contributed by atoms with van der Waals surface area (Å²) in [6.07, 6.45) is 7.15. The number of anilines is 1. The van der Waals surface area contributed by atoms with E-state index in [9.17, 15) is 14.4 Å². The number of carbonyl (C=O) groups is 3. The van der Waals surface area contributed by atoms with E-state index in [0.29, 0.717) is 35.7 Å². The highest BCUT2D eigenvalue weighted by molar-refractivity contribution is 6.02. The molecule has 5 rings (SSSR count). The summed E-state index contributed by atoms with van der Waals surface area (Å²) in [5.41, 5.74) is -0.512. The van der Waals surface area contributed by atoms with Crippen molar-refractivity contribution in [2.75, 3.05) is 19.0 Å². The van der Waals surface area contributed by atoms with Gasteiger partial charge in [0.2, 0.25) is 17.7 Å². The van der Waals surface area contributed by atoms with Gasteiger partial charge >= 0.3 is 0 Å². The lowest BCUT2D eigenvalue weighted by atomic mass is 9.73. The molecule has 1 aromatic carbocycles. The lowest BCUT2D eigenvalue weighted by Crippen LogP contribution is -2.58. The number of rotatable bonds is 8. The number of ether oxygens (including phenoxy) is 2. The van der Waals surface area contributed by atoms with E-state index in [1.54, 1.807) is 36.3 Å². The first kappa shape index (κ1) is 26.7. The van der Waals surface area contributed by atoms with E-state index >= 15 is 0 Å². The summed E-state index contributed by atoms with van der Waals surface area (Å²) in [6, 6.07) is 6.37. The molecule has 38 heavy (non-hydrogen) atoms. The number of fused-ring (bicyclic) bond motifs is 1. The highest BCUT2D eigenvalue weighted by atomic mass is 16.5. The summed E-state index contributed by atoms with van der Waals surface area (Å²) >= 11 is 0. The molecule has 3 heterocycles. The molecule has 1 saturated carbocycles. The number of carbonyl (C=O) groups excluding carboxylic acids is 3. The van der Waals surface area contributed by atoms with Crippen LogP contribution in [0.2, 0.25) is 0 Å². The van der Waals surface area contributed by atoms with E-state index in [0.717, 1.165) is 19.3 Å². The van der Waals surface area contributed by atoms with Crippen LogP contribution in [0.5, 0.6) is 5.75 Å². The van der Waals surface area contributed by atoms with Crippen LogP contribution in [0.15, 0.2) is 36.4 Å². The summed E-state index contributed by atoms with van der Waals surface area (Å²) in [5.74, 6) is -0.0997. The quantitative estimate of drug-likeness (QED) is 0.506. The number of methoxy groups -OCH3 is 1. The molecule has 2 N–H and O–H groups in total. The first-order valence-electron chi connectivity index (χ1n) is 14.1. The molecule has 3 aliphatic heterocycles. The predicted octanol–water partition coefficient (Wildman–Crippen LogP) is 3.77. The van der Waals surface area contributed by atoms with Gasteiger partial charge in [-0.1, -0.05) is 52.7 Å². The Balaban J connectivity index is 1.41. The van der Waals surface area contributed by atoms with Gasteiger partial charge in [-0.05, 0) is 54.9 Å². The molecule has 8 nitrogen and oxygen atoms in total. The van der Waals surface area contributed by atoms with E-state index in [1.165, 1.54) is 6.42 Å². The van der Waals surface area contributed by atoms with Gasteiger partial charge in [0.15, 0.2) is 0 Å². The Morgan fingerprint density at radius 1 is 1.16 bits per heavy atom. The molecule has 0 aromatic heterocycles. The van der Waals surface area contributed by atoms with Crippen molar-refractivity contribution in [3.63, 3.8) is 0 Å². The molecule has 8 heteroatoms. The summed E-state index contributed by atoms with van der Waals surface area (Å²) < 4.78 is 11.7. The maximum atomic E-state index is 14.0. The van der Waals surface area contributed by atoms with Gasteiger partial charge in [-0.2, -0.15) is 0 Å². The zero-order valence-electron chi connectivity index (χ0n) is 23.1. The second-order valence-electron chi connectivity index (χ2n) is 12.0. The SMILES string of the molecule is COc1ccc(NC(=O)C2[C@H]3C=CC4(O3)C(C(=O)NC3CCCC(C)C3C)N(CCC(C)C)C(=O)[C@@H]24)cc1. The summed E-state index contributed by atoms with van der Waals surface area (Å²) in [6.45, 7) is 9.10. The molecule has 6 unspecified atom stereocenters. The lowest BCUT2D eigenvalue weighted by Gasteiger charge is -2.38. The molecule has 3 amide bonds. The van der Waals surface area contributed by atoms with E-state index in [2.05, 4.69) is 38.3 Å². The molecule has 4 aliphatic rings. The highest BCUT2D eigenvalue weighted by Crippen LogP contribution is 2.55. The first-order chi connectivity index (χ1) is 18.2. The van der Waals surface area contributed by atoms with Crippen LogP contribution in [0.25, 0.3) is 0 Å². The van der Waals surface area contributed by atoms with Crippen molar-refractivity contribution in [1.82, 2.24) is 10.2 Å². The Hall–Kier alpha value is -2.87. The van der Waals surface area contributed by atoms with Gasteiger partial charge < -0.3 is 25.0 Å². The molecule has 2 saturated heterocycles. The van der Waals surface area contributed by atoms with Crippen molar-refractivity contribution in [3.05, 3.63) is 36.4 Å². The number of nitrogens with one attached hydrogen (secondary N) is 2. The maximum Gasteiger partial charge on any atom is 0.246 e. The first-order valence-corrected chi connectivity index (χ1v) is 14.1. The third-order valence-electron chi connectivity index (χ3n) is 9.26. The van der Waals surface area contributed by atoms with E-state index in [-0.39, 0.29) is 23.8 Å². The second-order valence-corrected chi connectivity index (χ2v) is 12.0. The van der Waals surface area contributed by atoms with Crippen molar-refractivity contribution in [1.29, 1.82) is 0 Å². The summed E-state index contributed by atoms with van der Waals surface area (Å²) in [5, 5.41) is 6.26. The minimum absolute atomic E-state index is 0.0699. The molecule has 8 atom stereocenters. The third kappa shape index (κ3) is 4.51. The van der Waals surface area contributed by atoms with Crippen molar-refractivity contribution in [3.8, 4) is 5.75 Å². The summed E-state index contributed by atoms with van der Waals surface area (Å²) in [7, 11) is 1.59. The average molecular weight is 524 g/mol. The number of likely N-dealkylation sites (tertiary alicyclic amines) is 1. The van der Waals surface area contributed by atoms with E-state index in [1.807, 2.05) is 12.2 Å². The molecule has 1 spiro atoms. The van der Waals surface area contributed by atoms with Crippen LogP contribution >= 0.6 is 0 Å². The van der Waals surface area contributed by atoms with Gasteiger partial charge in [0.1, 0.15) is 17.4 Å². The minimum Gasteiger partial charge on any atom is -0.497 e. The molecular formula is C30H41N3O5. The molecule has 3 fully saturated rings. The van der Waals surface area contributed by atoms with Crippen LogP contribution in [0.1, 0.15) is 53.4 Å². The third-order valence-corrected chi connectivity index (χ3v) is 9.26. The van der Waals surface area contributed by atoms with Gasteiger partial charge in [0, 0.05) is 18.3 Å². The second kappa shape index (κ2) is 10.4. The zero-order valence-corrected chi connectivity index (χ0v) is 23.1. The van der Waals surface area contributed by atoms with E-state index in [4.69, 9.17) is 9.47 Å². The molecule has 2 bridgehead atoms. The van der Waals surface area contributed by atoms with Gasteiger partial charge in [0.05, 0.1) is 25.0 Å². The fraction of sp³-hybridized carbons (Fsp3) is 0.633. The van der Waals surface area contributed by atoms with Crippen molar-refractivity contribution in [2.24, 2.45) is 29.6 Å². The van der Waals surface area contributed by atoms with Crippen LogP contribution in [0.4, 0.5) is 5.69 Å². The fourth-order valence-electron chi connectivity index (χ4n) is 6.85. The smallest absolute Gasteiger partial charge is 0.246 e. The Labute approximate surface area is 225 Å². The van der Waals surface area contributed by atoms with Crippen LogP contribution in [-0.2, 0) is 19.1 Å². The number of benzene rings is 1. The normalized spacial score (nSPS) is 35.5. The molecule has 206 valence electrons. The number of nitrogens with zero attached hydrogens (tertiary/aromatic N) is 1. The Morgan fingerprint density at radius 3 is 2.58 bits per heavy atom. The van der Waals surface area contributed by atoms with Gasteiger partial charge in [-0.25, -0.2) is 0 Å². The van der Waals surface area contributed by atoms with Gasteiger partial charge in [0.25, 0.3) is 0 Å². The monoisotopic (exact) mass is 523 g/mol. The lowest BCUT2D eigenvalue weighted by molar-refractivity contribution is -0.141. The fourth-order valence-corrected chi connectivity index (χ4v) is 6.85. The van der Waals surface area contributed by atoms with Crippen LogP contribution in [0.3, 0.4) is 0 Å². The predicted molar refractivity (Wildman–Crippen MR) is 144 cm³/mol. The van der Waals surface area contributed by atoms with Crippen LogP contribution in [-0.4, -0.2) is 60.1 Å². The van der Waals surface area contributed by atoms with Crippen molar-refractivity contribution in [2.45, 2.75) is 77.2 Å². The van der Waals surface area contributed by atoms with Gasteiger partial charge in [-0.15, -0.1) is 0 Å². The number of hydrogen-bond donors (Lipinski definition) is 2. The topological polar surface area (TPSA) is 97.0 Å². The molecule has 1 aliphatic carbocycles. The van der Waals surface area contributed by atoms with Crippen molar-refractivity contribution >= 4 is 23.4 Å². The minimum atomic E-state index is -1.13. The Morgan fingerprint density at radius 2 is 1.89 bits per heavy atom. The van der Waals surface area contributed by atoms with Crippen molar-refractivity contribution < 1.29 is 23.9 Å².